The van der Waals surface area contributed by atoms with Crippen LogP contribution in [0, 0.1) is 0 Å². The summed E-state index contributed by atoms with van der Waals surface area (Å²) >= 11 is 0. The maximum atomic E-state index is 6.01. The van der Waals surface area contributed by atoms with E-state index in [2.05, 4.69) is 43.8 Å². The first-order valence-corrected chi connectivity index (χ1v) is 8.31. The average molecular weight is 339 g/mol. The standard InChI is InChI=1S/C24H21NO/c1-5-6-10-17(2)18(3)15-16-19(4)25-22-13-9-12-21-20-11-7-8-14-23(20)26-24(21)22/h5-16,25H,1-4H2/b10-6-,16-15-. The van der Waals surface area contributed by atoms with Gasteiger partial charge in [0, 0.05) is 16.5 Å². The van der Waals surface area contributed by atoms with Crippen molar-refractivity contribution in [1.29, 1.82) is 0 Å². The molecule has 0 bridgehead atoms. The van der Waals surface area contributed by atoms with E-state index >= 15 is 0 Å². The molecule has 0 saturated heterocycles. The number of allylic oxidation sites excluding steroid dienone is 7. The Balaban J connectivity index is 1.80. The highest BCUT2D eigenvalue weighted by Crippen LogP contribution is 2.33. The molecule has 0 saturated carbocycles. The van der Waals surface area contributed by atoms with Gasteiger partial charge in [0.2, 0.25) is 0 Å². The highest BCUT2D eigenvalue weighted by molar-refractivity contribution is 6.08. The third-order valence-corrected chi connectivity index (χ3v) is 4.03. The van der Waals surface area contributed by atoms with Crippen LogP contribution in [-0.2, 0) is 0 Å². The van der Waals surface area contributed by atoms with E-state index in [1.807, 2.05) is 54.6 Å². The van der Waals surface area contributed by atoms with Gasteiger partial charge in [-0.05, 0) is 29.4 Å². The van der Waals surface area contributed by atoms with E-state index < -0.39 is 0 Å². The van der Waals surface area contributed by atoms with Crippen molar-refractivity contribution in [1.82, 2.24) is 0 Å². The van der Waals surface area contributed by atoms with E-state index in [-0.39, 0.29) is 0 Å². The second-order valence-corrected chi connectivity index (χ2v) is 5.91. The van der Waals surface area contributed by atoms with Gasteiger partial charge in [-0.1, -0.05) is 81.0 Å². The van der Waals surface area contributed by atoms with Crippen molar-refractivity contribution in [2.24, 2.45) is 0 Å². The number of furan rings is 1. The third kappa shape index (κ3) is 3.60. The van der Waals surface area contributed by atoms with E-state index in [0.29, 0.717) is 0 Å². The number of fused-ring (bicyclic) bond motifs is 3. The molecular formula is C24H21NO. The van der Waals surface area contributed by atoms with Crippen LogP contribution < -0.4 is 5.32 Å². The zero-order valence-electron chi connectivity index (χ0n) is 14.7. The molecule has 0 aliphatic carbocycles. The summed E-state index contributed by atoms with van der Waals surface area (Å²) in [6.07, 6.45) is 9.15. The van der Waals surface area contributed by atoms with Crippen LogP contribution in [0.3, 0.4) is 0 Å². The summed E-state index contributed by atoms with van der Waals surface area (Å²) < 4.78 is 6.01. The maximum absolute atomic E-state index is 6.01. The summed E-state index contributed by atoms with van der Waals surface area (Å²) in [6.45, 7) is 15.7. The van der Waals surface area contributed by atoms with Crippen LogP contribution in [-0.4, -0.2) is 0 Å². The molecule has 2 aromatic carbocycles. The van der Waals surface area contributed by atoms with Gasteiger partial charge in [-0.2, -0.15) is 0 Å². The van der Waals surface area contributed by atoms with Crippen molar-refractivity contribution >= 4 is 27.6 Å². The van der Waals surface area contributed by atoms with Crippen LogP contribution in [0.25, 0.3) is 21.9 Å². The Morgan fingerprint density at radius 3 is 2.38 bits per heavy atom. The number of rotatable bonds is 7. The molecule has 0 amide bonds. The van der Waals surface area contributed by atoms with Crippen molar-refractivity contribution in [2.75, 3.05) is 5.32 Å². The number of hydrogen-bond acceptors (Lipinski definition) is 2. The maximum Gasteiger partial charge on any atom is 0.158 e. The minimum atomic E-state index is 0.736. The van der Waals surface area contributed by atoms with Gasteiger partial charge in [-0.3, -0.25) is 0 Å². The van der Waals surface area contributed by atoms with Crippen LogP contribution in [0.4, 0.5) is 5.69 Å². The topological polar surface area (TPSA) is 25.2 Å². The van der Waals surface area contributed by atoms with E-state index in [9.17, 15) is 0 Å². The van der Waals surface area contributed by atoms with Crippen LogP contribution in [0.2, 0.25) is 0 Å². The van der Waals surface area contributed by atoms with Crippen LogP contribution in [0.15, 0.2) is 120 Å². The van der Waals surface area contributed by atoms with Gasteiger partial charge in [-0.15, -0.1) is 0 Å². The minimum absolute atomic E-state index is 0.736. The predicted molar refractivity (Wildman–Crippen MR) is 113 cm³/mol. The van der Waals surface area contributed by atoms with Crippen molar-refractivity contribution < 1.29 is 4.42 Å². The first-order chi connectivity index (χ1) is 12.6. The summed E-state index contributed by atoms with van der Waals surface area (Å²) in [5.74, 6) is 0. The Morgan fingerprint density at radius 1 is 0.846 bits per heavy atom. The summed E-state index contributed by atoms with van der Waals surface area (Å²) in [5, 5.41) is 5.48. The summed E-state index contributed by atoms with van der Waals surface area (Å²) in [7, 11) is 0. The molecule has 0 atom stereocenters. The largest absolute Gasteiger partial charge is 0.454 e. The van der Waals surface area contributed by atoms with E-state index in [1.54, 1.807) is 6.08 Å². The van der Waals surface area contributed by atoms with Crippen molar-refractivity contribution in [3.8, 4) is 0 Å². The van der Waals surface area contributed by atoms with Gasteiger partial charge in [-0.25, -0.2) is 0 Å². The van der Waals surface area contributed by atoms with Crippen molar-refractivity contribution in [3.63, 3.8) is 0 Å². The Labute approximate surface area is 153 Å². The number of anilines is 1. The number of benzene rings is 2. The molecular weight excluding hydrogens is 318 g/mol. The Bertz CT molecular complexity index is 1080. The Hall–Kier alpha value is -3.52. The lowest BCUT2D eigenvalue weighted by atomic mass is 10.1. The Morgan fingerprint density at radius 2 is 1.58 bits per heavy atom. The fourth-order valence-corrected chi connectivity index (χ4v) is 2.66. The lowest BCUT2D eigenvalue weighted by Gasteiger charge is -2.07. The normalized spacial score (nSPS) is 11.4. The lowest BCUT2D eigenvalue weighted by Crippen LogP contribution is -1.95. The molecule has 0 radical (unpaired) electrons. The minimum Gasteiger partial charge on any atom is -0.454 e. The van der Waals surface area contributed by atoms with Crippen molar-refractivity contribution in [3.05, 3.63) is 116 Å². The fraction of sp³-hybridized carbons (Fsp3) is 0. The van der Waals surface area contributed by atoms with Gasteiger partial charge >= 0.3 is 0 Å². The zero-order valence-corrected chi connectivity index (χ0v) is 14.7. The number of nitrogens with one attached hydrogen (secondary N) is 1. The van der Waals surface area contributed by atoms with E-state index in [0.717, 1.165) is 44.5 Å². The van der Waals surface area contributed by atoms with Gasteiger partial charge in [0.25, 0.3) is 0 Å². The quantitative estimate of drug-likeness (QED) is 0.472. The molecule has 1 N–H and O–H groups in total. The summed E-state index contributed by atoms with van der Waals surface area (Å²) in [6, 6.07) is 14.1. The summed E-state index contributed by atoms with van der Waals surface area (Å²) in [4.78, 5) is 0. The first-order valence-electron chi connectivity index (χ1n) is 8.31. The second-order valence-electron chi connectivity index (χ2n) is 5.91. The first kappa shape index (κ1) is 17.3. The SMILES string of the molecule is C=C/C=C\C(=C)C(=C)/C=C\C(=C)Nc1cccc2c1oc1ccccc12. The van der Waals surface area contributed by atoms with Crippen LogP contribution in [0.1, 0.15) is 0 Å². The molecule has 128 valence electrons. The molecule has 0 aliphatic rings. The van der Waals surface area contributed by atoms with E-state index in [1.165, 1.54) is 0 Å². The highest BCUT2D eigenvalue weighted by atomic mass is 16.3. The number of hydrogen-bond donors (Lipinski definition) is 1. The molecule has 0 fully saturated rings. The molecule has 26 heavy (non-hydrogen) atoms. The summed E-state index contributed by atoms with van der Waals surface area (Å²) in [5.41, 5.74) is 4.95. The molecule has 3 rings (SSSR count). The third-order valence-electron chi connectivity index (χ3n) is 4.03. The van der Waals surface area contributed by atoms with Crippen molar-refractivity contribution in [2.45, 2.75) is 0 Å². The zero-order chi connectivity index (χ0) is 18.5. The highest BCUT2D eigenvalue weighted by Gasteiger charge is 2.09. The molecule has 0 aliphatic heterocycles. The molecule has 0 spiro atoms. The molecule has 2 heteroatoms. The number of para-hydroxylation sites is 2. The van der Waals surface area contributed by atoms with Crippen LogP contribution in [0.5, 0.6) is 0 Å². The van der Waals surface area contributed by atoms with Gasteiger partial charge in [0.05, 0.1) is 5.69 Å². The van der Waals surface area contributed by atoms with E-state index in [4.69, 9.17) is 4.42 Å². The molecule has 3 aromatic rings. The van der Waals surface area contributed by atoms with Gasteiger partial charge < -0.3 is 9.73 Å². The monoisotopic (exact) mass is 339 g/mol. The van der Waals surface area contributed by atoms with Gasteiger partial charge in [0.1, 0.15) is 5.58 Å². The lowest BCUT2D eigenvalue weighted by molar-refractivity contribution is 0.670. The van der Waals surface area contributed by atoms with Crippen LogP contribution >= 0.6 is 0 Å². The molecule has 1 heterocycles. The second kappa shape index (κ2) is 7.58. The average Bonchev–Trinajstić information content (AvgIpc) is 3.04. The Kier molecular flexibility index (Phi) is 5.04. The molecule has 1 aromatic heterocycles. The molecule has 0 unspecified atom stereocenters. The smallest absolute Gasteiger partial charge is 0.158 e. The van der Waals surface area contributed by atoms with Gasteiger partial charge in [0.15, 0.2) is 5.58 Å². The predicted octanol–water partition coefficient (Wildman–Crippen LogP) is 6.92. The molecule has 2 nitrogen and oxygen atoms in total. The fourth-order valence-electron chi connectivity index (χ4n) is 2.66.